The summed E-state index contributed by atoms with van der Waals surface area (Å²) in [6, 6.07) is 17.6. The number of anilines is 1. The average Bonchev–Trinajstić information content (AvgIpc) is 3.12. The normalized spacial score (nSPS) is 11.0. The number of methoxy groups -OCH3 is 1. The number of thiazole rings is 1. The second-order valence-electron chi connectivity index (χ2n) is 5.09. The molecule has 0 amide bonds. The summed E-state index contributed by atoms with van der Waals surface area (Å²) in [5.41, 5.74) is 3.18. The zero-order chi connectivity index (χ0) is 17.6. The molecular formula is C19H14BrN3OS. The van der Waals surface area contributed by atoms with Crippen molar-refractivity contribution < 1.29 is 4.74 Å². The third-order valence-corrected chi connectivity index (χ3v) is 4.80. The van der Waals surface area contributed by atoms with Gasteiger partial charge in [0.1, 0.15) is 22.4 Å². The van der Waals surface area contributed by atoms with Crippen molar-refractivity contribution in [1.82, 2.24) is 4.98 Å². The molecule has 0 aliphatic heterocycles. The van der Waals surface area contributed by atoms with Gasteiger partial charge < -0.3 is 10.1 Å². The lowest BCUT2D eigenvalue weighted by atomic mass is 10.2. The molecule has 0 unspecified atom stereocenters. The first-order chi connectivity index (χ1) is 12.2. The van der Waals surface area contributed by atoms with Gasteiger partial charge >= 0.3 is 0 Å². The first kappa shape index (κ1) is 17.2. The van der Waals surface area contributed by atoms with Gasteiger partial charge in [-0.2, -0.15) is 5.26 Å². The van der Waals surface area contributed by atoms with Crippen LogP contribution in [0.5, 0.6) is 5.75 Å². The number of aromatic nitrogens is 1. The molecule has 0 aliphatic rings. The standard InChI is InChI=1S/C19H14BrN3OS/c1-24-17-7-3-6-16(9-17)22-11-14(10-21)19-23-18(12-25-19)13-4-2-5-15(20)8-13/h2-9,11-12,22H,1H3/b14-11-. The Morgan fingerprint density at radius 3 is 2.88 bits per heavy atom. The summed E-state index contributed by atoms with van der Waals surface area (Å²) in [5.74, 6) is 0.753. The van der Waals surface area contributed by atoms with E-state index in [4.69, 9.17) is 4.74 Å². The Morgan fingerprint density at radius 1 is 1.28 bits per heavy atom. The maximum Gasteiger partial charge on any atom is 0.136 e. The van der Waals surface area contributed by atoms with Crippen molar-refractivity contribution in [1.29, 1.82) is 5.26 Å². The van der Waals surface area contributed by atoms with Gasteiger partial charge in [-0.15, -0.1) is 11.3 Å². The van der Waals surface area contributed by atoms with Crippen molar-refractivity contribution in [2.75, 3.05) is 12.4 Å². The SMILES string of the molecule is COc1cccc(N/C=C(/C#N)c2nc(-c3cccc(Br)c3)cs2)c1. The number of ether oxygens (including phenoxy) is 1. The number of nitrogens with one attached hydrogen (secondary N) is 1. The number of hydrogen-bond donors (Lipinski definition) is 1. The van der Waals surface area contributed by atoms with Crippen LogP contribution in [-0.4, -0.2) is 12.1 Å². The van der Waals surface area contributed by atoms with Gasteiger partial charge in [-0.1, -0.05) is 34.1 Å². The molecule has 6 heteroatoms. The summed E-state index contributed by atoms with van der Waals surface area (Å²) in [6.07, 6.45) is 1.66. The topological polar surface area (TPSA) is 57.9 Å². The molecule has 3 rings (SSSR count). The minimum atomic E-state index is 0.481. The number of benzene rings is 2. The summed E-state index contributed by atoms with van der Waals surface area (Å²) >= 11 is 4.91. The number of allylic oxidation sites excluding steroid dienone is 1. The molecule has 0 saturated heterocycles. The molecule has 0 fully saturated rings. The van der Waals surface area contributed by atoms with E-state index in [2.05, 4.69) is 32.3 Å². The van der Waals surface area contributed by atoms with Crippen LogP contribution < -0.4 is 10.1 Å². The fraction of sp³-hybridized carbons (Fsp3) is 0.0526. The Kier molecular flexibility index (Phi) is 5.49. The van der Waals surface area contributed by atoms with E-state index in [1.54, 1.807) is 13.3 Å². The molecule has 0 radical (unpaired) electrons. The quantitative estimate of drug-likeness (QED) is 0.558. The Balaban J connectivity index is 1.82. The Labute approximate surface area is 158 Å². The van der Waals surface area contributed by atoms with Crippen LogP contribution in [0.3, 0.4) is 0 Å². The van der Waals surface area contributed by atoms with E-state index >= 15 is 0 Å². The first-order valence-electron chi connectivity index (χ1n) is 7.42. The van der Waals surface area contributed by atoms with Gasteiger partial charge in [0.05, 0.1) is 12.8 Å². The predicted octanol–water partition coefficient (Wildman–Crippen LogP) is 5.56. The monoisotopic (exact) mass is 411 g/mol. The van der Waals surface area contributed by atoms with Gasteiger partial charge in [-0.3, -0.25) is 0 Å². The Morgan fingerprint density at radius 2 is 2.12 bits per heavy atom. The summed E-state index contributed by atoms with van der Waals surface area (Å²) in [4.78, 5) is 4.58. The lowest BCUT2D eigenvalue weighted by molar-refractivity contribution is 0.415. The average molecular weight is 412 g/mol. The molecule has 0 spiro atoms. The molecule has 0 bridgehead atoms. The van der Waals surface area contributed by atoms with Gasteiger partial charge in [0, 0.05) is 33.4 Å². The Bertz CT molecular complexity index is 959. The predicted molar refractivity (Wildman–Crippen MR) is 105 cm³/mol. The molecule has 2 aromatic carbocycles. The van der Waals surface area contributed by atoms with Crippen LogP contribution in [0.1, 0.15) is 5.01 Å². The highest BCUT2D eigenvalue weighted by Gasteiger charge is 2.09. The molecule has 124 valence electrons. The van der Waals surface area contributed by atoms with Crippen LogP contribution in [0.2, 0.25) is 0 Å². The lowest BCUT2D eigenvalue weighted by Gasteiger charge is -2.04. The molecule has 1 N–H and O–H groups in total. The Hall–Kier alpha value is -2.62. The van der Waals surface area contributed by atoms with Crippen molar-refractivity contribution in [2.24, 2.45) is 0 Å². The minimum absolute atomic E-state index is 0.481. The molecule has 3 aromatic rings. The van der Waals surface area contributed by atoms with Crippen molar-refractivity contribution in [3.63, 3.8) is 0 Å². The van der Waals surface area contributed by atoms with Crippen molar-refractivity contribution >= 4 is 38.5 Å². The van der Waals surface area contributed by atoms with E-state index < -0.39 is 0 Å². The van der Waals surface area contributed by atoms with Crippen LogP contribution in [0, 0.1) is 11.3 Å². The van der Waals surface area contributed by atoms with Crippen molar-refractivity contribution in [3.8, 4) is 23.1 Å². The zero-order valence-electron chi connectivity index (χ0n) is 13.4. The van der Waals surface area contributed by atoms with Crippen LogP contribution in [0.4, 0.5) is 5.69 Å². The van der Waals surface area contributed by atoms with Gasteiger partial charge in [0.2, 0.25) is 0 Å². The van der Waals surface area contributed by atoms with Crippen LogP contribution in [0.15, 0.2) is 64.6 Å². The first-order valence-corrected chi connectivity index (χ1v) is 9.09. The van der Waals surface area contributed by atoms with Crippen molar-refractivity contribution in [3.05, 3.63) is 69.6 Å². The molecule has 4 nitrogen and oxygen atoms in total. The van der Waals surface area contributed by atoms with Gasteiger partial charge in [0.15, 0.2) is 0 Å². The second kappa shape index (κ2) is 7.97. The van der Waals surface area contributed by atoms with Gasteiger partial charge in [-0.25, -0.2) is 4.98 Å². The second-order valence-corrected chi connectivity index (χ2v) is 6.87. The number of nitrogens with zero attached hydrogens (tertiary/aromatic N) is 2. The van der Waals surface area contributed by atoms with Gasteiger partial charge in [-0.05, 0) is 24.3 Å². The molecular weight excluding hydrogens is 398 g/mol. The largest absolute Gasteiger partial charge is 0.497 e. The fourth-order valence-electron chi connectivity index (χ4n) is 2.19. The van der Waals surface area contributed by atoms with E-state index in [1.165, 1.54) is 11.3 Å². The lowest BCUT2D eigenvalue weighted by Crippen LogP contribution is -1.92. The smallest absolute Gasteiger partial charge is 0.136 e. The number of halogens is 1. The van der Waals surface area contributed by atoms with E-state index in [9.17, 15) is 5.26 Å². The molecule has 1 heterocycles. The van der Waals surface area contributed by atoms with E-state index in [0.29, 0.717) is 10.6 Å². The van der Waals surface area contributed by atoms with Crippen LogP contribution >= 0.6 is 27.3 Å². The summed E-state index contributed by atoms with van der Waals surface area (Å²) in [5, 5.41) is 15.2. The fourth-order valence-corrected chi connectivity index (χ4v) is 3.38. The number of rotatable bonds is 5. The summed E-state index contributed by atoms with van der Waals surface area (Å²) in [7, 11) is 1.62. The molecule has 0 aliphatic carbocycles. The molecule has 0 saturated carbocycles. The van der Waals surface area contributed by atoms with Crippen molar-refractivity contribution in [2.45, 2.75) is 0 Å². The maximum atomic E-state index is 9.46. The maximum absolute atomic E-state index is 9.46. The third kappa shape index (κ3) is 4.27. The third-order valence-electron chi connectivity index (χ3n) is 3.43. The number of nitriles is 1. The summed E-state index contributed by atoms with van der Waals surface area (Å²) < 4.78 is 6.19. The zero-order valence-corrected chi connectivity index (χ0v) is 15.8. The highest BCUT2D eigenvalue weighted by Crippen LogP contribution is 2.28. The highest BCUT2D eigenvalue weighted by atomic mass is 79.9. The highest BCUT2D eigenvalue weighted by molar-refractivity contribution is 9.10. The van der Waals surface area contributed by atoms with E-state index in [0.717, 1.165) is 27.2 Å². The molecule has 1 aromatic heterocycles. The van der Waals surface area contributed by atoms with E-state index in [-0.39, 0.29) is 0 Å². The van der Waals surface area contributed by atoms with Gasteiger partial charge in [0.25, 0.3) is 0 Å². The summed E-state index contributed by atoms with van der Waals surface area (Å²) in [6.45, 7) is 0. The number of hydrogen-bond acceptors (Lipinski definition) is 5. The minimum Gasteiger partial charge on any atom is -0.497 e. The molecule has 0 atom stereocenters. The van der Waals surface area contributed by atoms with Crippen LogP contribution in [-0.2, 0) is 0 Å². The molecule has 25 heavy (non-hydrogen) atoms. The van der Waals surface area contributed by atoms with E-state index in [1.807, 2.05) is 53.9 Å². The van der Waals surface area contributed by atoms with Crippen LogP contribution in [0.25, 0.3) is 16.8 Å².